The van der Waals surface area contributed by atoms with Crippen LogP contribution >= 0.6 is 0 Å². The van der Waals surface area contributed by atoms with Crippen LogP contribution in [0.2, 0.25) is 0 Å². The molecule has 0 aliphatic rings. The Bertz CT molecular complexity index is 234. The van der Waals surface area contributed by atoms with Gasteiger partial charge in [-0.3, -0.25) is 0 Å². The molecule has 0 rings (SSSR count). The molecule has 23 heavy (non-hydrogen) atoms. The second-order valence-corrected chi connectivity index (χ2v) is 7.22. The Morgan fingerprint density at radius 3 is 1.78 bits per heavy atom. The second-order valence-electron chi connectivity index (χ2n) is 7.22. The van der Waals surface area contributed by atoms with Gasteiger partial charge in [0.2, 0.25) is 0 Å². The van der Waals surface area contributed by atoms with Crippen molar-refractivity contribution in [3.8, 4) is 0 Å². The number of allylic oxidation sites excluding steroid dienone is 1. The van der Waals surface area contributed by atoms with Crippen LogP contribution in [0.25, 0.3) is 0 Å². The second kappa shape index (κ2) is 19.6. The molecule has 1 heteroatoms. The summed E-state index contributed by atoms with van der Waals surface area (Å²) < 4.78 is 5.46. The summed E-state index contributed by atoms with van der Waals surface area (Å²) in [6.45, 7) is 7.71. The summed E-state index contributed by atoms with van der Waals surface area (Å²) in [5.74, 6) is 0.868. The van der Waals surface area contributed by atoms with Gasteiger partial charge in [-0.25, -0.2) is 0 Å². The molecule has 0 saturated heterocycles. The largest absolute Gasteiger partial charge is 0.502 e. The molecule has 0 N–H and O–H groups in total. The zero-order valence-corrected chi connectivity index (χ0v) is 16.5. The van der Waals surface area contributed by atoms with Gasteiger partial charge in [0.1, 0.15) is 0 Å². The minimum Gasteiger partial charge on any atom is -0.502 e. The summed E-state index contributed by atoms with van der Waals surface area (Å²) in [4.78, 5) is 0. The van der Waals surface area contributed by atoms with Gasteiger partial charge in [-0.15, -0.1) is 0 Å². The van der Waals surface area contributed by atoms with Gasteiger partial charge in [0, 0.05) is 0 Å². The van der Waals surface area contributed by atoms with E-state index in [0.29, 0.717) is 0 Å². The first-order chi connectivity index (χ1) is 11.3. The van der Waals surface area contributed by atoms with Crippen molar-refractivity contribution in [1.29, 1.82) is 0 Å². The van der Waals surface area contributed by atoms with E-state index in [2.05, 4.69) is 26.8 Å². The molecule has 0 amide bonds. The fourth-order valence-electron chi connectivity index (χ4n) is 3.05. The highest BCUT2D eigenvalue weighted by Gasteiger charge is 2.02. The molecule has 0 bridgehead atoms. The maximum atomic E-state index is 5.46. The SMILES string of the molecule is CCC=COCCCC(C)CCCCCCCCCCCCC. The molecule has 0 aromatic rings. The smallest absolute Gasteiger partial charge is 0.0873 e. The molecule has 0 aliphatic heterocycles. The van der Waals surface area contributed by atoms with E-state index in [1.165, 1.54) is 89.9 Å². The summed E-state index contributed by atoms with van der Waals surface area (Å²) >= 11 is 0. The highest BCUT2D eigenvalue weighted by Crippen LogP contribution is 2.17. The molecular weight excluding hydrogens is 280 g/mol. The zero-order chi connectivity index (χ0) is 17.0. The lowest BCUT2D eigenvalue weighted by Gasteiger charge is -2.11. The van der Waals surface area contributed by atoms with Crippen molar-refractivity contribution in [3.63, 3.8) is 0 Å². The van der Waals surface area contributed by atoms with Crippen molar-refractivity contribution < 1.29 is 4.74 Å². The first kappa shape index (κ1) is 22.5. The van der Waals surface area contributed by atoms with E-state index >= 15 is 0 Å². The van der Waals surface area contributed by atoms with Crippen LogP contribution in [0.15, 0.2) is 12.3 Å². The Hall–Kier alpha value is -0.460. The Morgan fingerprint density at radius 1 is 0.696 bits per heavy atom. The molecule has 0 aliphatic carbocycles. The van der Waals surface area contributed by atoms with Gasteiger partial charge in [0.15, 0.2) is 0 Å². The monoisotopic (exact) mass is 324 g/mol. The number of hydrogen-bond donors (Lipinski definition) is 0. The summed E-state index contributed by atoms with van der Waals surface area (Å²) in [5, 5.41) is 0. The van der Waals surface area contributed by atoms with Crippen LogP contribution in [0.5, 0.6) is 0 Å². The molecule has 0 heterocycles. The minimum atomic E-state index is 0.868. The maximum Gasteiger partial charge on any atom is 0.0873 e. The maximum absolute atomic E-state index is 5.46. The van der Waals surface area contributed by atoms with Crippen molar-refractivity contribution in [2.24, 2.45) is 5.92 Å². The topological polar surface area (TPSA) is 9.23 Å². The third kappa shape index (κ3) is 19.5. The molecular formula is C22H44O. The van der Waals surface area contributed by atoms with Gasteiger partial charge in [-0.05, 0) is 25.2 Å². The first-order valence-corrected chi connectivity index (χ1v) is 10.6. The third-order valence-corrected chi connectivity index (χ3v) is 4.69. The highest BCUT2D eigenvalue weighted by molar-refractivity contribution is 4.70. The molecule has 1 atom stereocenters. The van der Waals surface area contributed by atoms with Gasteiger partial charge < -0.3 is 4.74 Å². The third-order valence-electron chi connectivity index (χ3n) is 4.69. The Kier molecular flexibility index (Phi) is 19.2. The Morgan fingerprint density at radius 2 is 1.22 bits per heavy atom. The summed E-state index contributed by atoms with van der Waals surface area (Å²) in [7, 11) is 0. The van der Waals surface area contributed by atoms with Crippen molar-refractivity contribution in [2.45, 2.75) is 117 Å². The van der Waals surface area contributed by atoms with E-state index in [4.69, 9.17) is 4.74 Å². The standard InChI is InChI=1S/C22H44O/c1-4-6-8-9-10-11-12-13-14-15-16-18-22(3)19-17-21-23-20-7-5-2/h7,20,22H,4-6,8-19,21H2,1-3H3. The van der Waals surface area contributed by atoms with Crippen molar-refractivity contribution in [2.75, 3.05) is 6.61 Å². The van der Waals surface area contributed by atoms with Gasteiger partial charge in [0.25, 0.3) is 0 Å². The summed E-state index contributed by atoms with van der Waals surface area (Å²) in [6, 6.07) is 0. The predicted octanol–water partition coefficient (Wildman–Crippen LogP) is 8.04. The number of unbranched alkanes of at least 4 members (excludes halogenated alkanes) is 10. The lowest BCUT2D eigenvalue weighted by atomic mass is 9.97. The average Bonchev–Trinajstić information content (AvgIpc) is 2.56. The molecule has 1 unspecified atom stereocenters. The van der Waals surface area contributed by atoms with Crippen molar-refractivity contribution in [3.05, 3.63) is 12.3 Å². The van der Waals surface area contributed by atoms with E-state index in [-0.39, 0.29) is 0 Å². The van der Waals surface area contributed by atoms with Crippen LogP contribution < -0.4 is 0 Å². The molecule has 0 saturated carbocycles. The van der Waals surface area contributed by atoms with Crippen LogP contribution in [-0.4, -0.2) is 6.61 Å². The first-order valence-electron chi connectivity index (χ1n) is 10.6. The molecule has 0 fully saturated rings. The van der Waals surface area contributed by atoms with Gasteiger partial charge >= 0.3 is 0 Å². The summed E-state index contributed by atoms with van der Waals surface area (Å²) in [5.41, 5.74) is 0. The highest BCUT2D eigenvalue weighted by atomic mass is 16.5. The Balaban J connectivity index is 3.14. The van der Waals surface area contributed by atoms with Gasteiger partial charge in [0.05, 0.1) is 12.9 Å². The predicted molar refractivity (Wildman–Crippen MR) is 105 cm³/mol. The van der Waals surface area contributed by atoms with Crippen LogP contribution in [0.4, 0.5) is 0 Å². The average molecular weight is 325 g/mol. The van der Waals surface area contributed by atoms with E-state index in [0.717, 1.165) is 18.9 Å². The molecule has 0 aromatic carbocycles. The quantitative estimate of drug-likeness (QED) is 0.183. The number of hydrogen-bond acceptors (Lipinski definition) is 1. The lowest BCUT2D eigenvalue weighted by Crippen LogP contribution is -1.98. The molecule has 0 aromatic heterocycles. The normalized spacial score (nSPS) is 12.8. The van der Waals surface area contributed by atoms with Crippen molar-refractivity contribution in [1.82, 2.24) is 0 Å². The van der Waals surface area contributed by atoms with Crippen LogP contribution in [-0.2, 0) is 4.74 Å². The van der Waals surface area contributed by atoms with Crippen LogP contribution in [0, 0.1) is 5.92 Å². The zero-order valence-electron chi connectivity index (χ0n) is 16.5. The molecule has 138 valence electrons. The molecule has 0 radical (unpaired) electrons. The fourth-order valence-corrected chi connectivity index (χ4v) is 3.05. The fraction of sp³-hybridized carbons (Fsp3) is 0.909. The van der Waals surface area contributed by atoms with E-state index < -0.39 is 0 Å². The Labute approximate surface area is 147 Å². The van der Waals surface area contributed by atoms with Crippen LogP contribution in [0.3, 0.4) is 0 Å². The molecule has 1 nitrogen and oxygen atoms in total. The van der Waals surface area contributed by atoms with E-state index in [1.54, 1.807) is 0 Å². The number of rotatable bonds is 18. The summed E-state index contributed by atoms with van der Waals surface area (Å²) in [6.07, 6.45) is 24.8. The lowest BCUT2D eigenvalue weighted by molar-refractivity contribution is 0.232. The number of ether oxygens (including phenoxy) is 1. The minimum absolute atomic E-state index is 0.868. The van der Waals surface area contributed by atoms with Crippen molar-refractivity contribution >= 4 is 0 Å². The van der Waals surface area contributed by atoms with Crippen LogP contribution in [0.1, 0.15) is 117 Å². The van der Waals surface area contributed by atoms with E-state index in [1.807, 2.05) is 6.26 Å². The van der Waals surface area contributed by atoms with Gasteiger partial charge in [-0.2, -0.15) is 0 Å². The van der Waals surface area contributed by atoms with Gasteiger partial charge in [-0.1, -0.05) is 104 Å². The van der Waals surface area contributed by atoms with E-state index in [9.17, 15) is 0 Å². The molecule has 0 spiro atoms.